The number of nitrogens with zero attached hydrogens (tertiary/aromatic N) is 2. The van der Waals surface area contributed by atoms with Gasteiger partial charge in [0.15, 0.2) is 0 Å². The van der Waals surface area contributed by atoms with Crippen LogP contribution in [0.25, 0.3) is 10.8 Å². The molecule has 5 nitrogen and oxygen atoms in total. The van der Waals surface area contributed by atoms with Gasteiger partial charge >= 0.3 is 0 Å². The molecule has 0 saturated carbocycles. The fraction of sp³-hybridized carbons (Fsp3) is 0.357. The van der Waals surface area contributed by atoms with Crippen LogP contribution in [0, 0.1) is 5.92 Å². The largest absolute Gasteiger partial charge is 0.312 e. The van der Waals surface area contributed by atoms with E-state index in [2.05, 4.69) is 10.3 Å². The molecule has 2 saturated heterocycles. The van der Waals surface area contributed by atoms with Crippen LogP contribution in [0.1, 0.15) is 0 Å². The number of benzene rings is 1. The molecule has 104 valence electrons. The molecule has 2 fully saturated rings. The molecule has 2 aromatic rings. The molecule has 0 radical (unpaired) electrons. The summed E-state index contributed by atoms with van der Waals surface area (Å²) in [6.07, 6.45) is 3.33. The van der Waals surface area contributed by atoms with Crippen molar-refractivity contribution in [1.29, 1.82) is 0 Å². The molecule has 0 spiro atoms. The third-order valence-corrected chi connectivity index (χ3v) is 6.20. The van der Waals surface area contributed by atoms with Crippen LogP contribution in [0.2, 0.25) is 0 Å². The van der Waals surface area contributed by atoms with Crippen molar-refractivity contribution in [2.75, 3.05) is 19.6 Å². The van der Waals surface area contributed by atoms with Crippen molar-refractivity contribution in [2.45, 2.75) is 10.9 Å². The Kier molecular flexibility index (Phi) is 2.60. The highest BCUT2D eigenvalue weighted by Crippen LogP contribution is 2.31. The van der Waals surface area contributed by atoms with Gasteiger partial charge in [0.1, 0.15) is 0 Å². The maximum absolute atomic E-state index is 12.8. The normalized spacial score (nSPS) is 26.4. The van der Waals surface area contributed by atoms with Gasteiger partial charge < -0.3 is 5.32 Å². The molecule has 0 bridgehead atoms. The summed E-state index contributed by atoms with van der Waals surface area (Å²) >= 11 is 0. The molecule has 0 aliphatic carbocycles. The number of rotatable bonds is 2. The van der Waals surface area contributed by atoms with Crippen LogP contribution in [0.3, 0.4) is 0 Å². The summed E-state index contributed by atoms with van der Waals surface area (Å²) in [5.41, 5.74) is 0. The Morgan fingerprint density at radius 3 is 2.85 bits per heavy atom. The summed E-state index contributed by atoms with van der Waals surface area (Å²) in [6.45, 7) is 2.13. The molecule has 1 N–H and O–H groups in total. The summed E-state index contributed by atoms with van der Waals surface area (Å²) in [4.78, 5) is 4.44. The second-order valence-corrected chi connectivity index (χ2v) is 7.36. The summed E-state index contributed by atoms with van der Waals surface area (Å²) < 4.78 is 27.3. The Labute approximate surface area is 117 Å². The molecule has 2 atom stereocenters. The predicted octanol–water partition coefficient (Wildman–Crippen LogP) is 0.827. The lowest BCUT2D eigenvalue weighted by Gasteiger charge is -2.30. The molecule has 3 heterocycles. The average Bonchev–Trinajstić information content (AvgIpc) is 2.74. The lowest BCUT2D eigenvalue weighted by Crippen LogP contribution is -2.51. The number of fused-ring (bicyclic) bond motifs is 2. The van der Waals surface area contributed by atoms with Gasteiger partial charge in [-0.3, -0.25) is 4.98 Å². The van der Waals surface area contributed by atoms with E-state index in [9.17, 15) is 8.42 Å². The van der Waals surface area contributed by atoms with Gasteiger partial charge in [-0.1, -0.05) is 12.1 Å². The standard InChI is InChI=1S/C14H15N3O2S/c18-20(19,17-8-11-7-16-13(11)9-17)14-3-1-2-10-6-15-5-4-12(10)14/h1-6,11,13,16H,7-9H2. The Morgan fingerprint density at radius 1 is 1.25 bits per heavy atom. The van der Waals surface area contributed by atoms with E-state index in [0.29, 0.717) is 29.9 Å². The molecule has 2 aliphatic rings. The van der Waals surface area contributed by atoms with Crippen molar-refractivity contribution in [3.8, 4) is 0 Å². The second-order valence-electron chi connectivity index (χ2n) is 5.45. The number of sulfonamides is 1. The van der Waals surface area contributed by atoms with Gasteiger partial charge in [0.2, 0.25) is 10.0 Å². The molecule has 1 aromatic heterocycles. The molecule has 6 heteroatoms. The van der Waals surface area contributed by atoms with Crippen molar-refractivity contribution in [1.82, 2.24) is 14.6 Å². The van der Waals surface area contributed by atoms with Crippen LogP contribution in [0.15, 0.2) is 41.6 Å². The number of aromatic nitrogens is 1. The van der Waals surface area contributed by atoms with Crippen LogP contribution in [0.5, 0.6) is 0 Å². The Morgan fingerprint density at radius 2 is 2.15 bits per heavy atom. The number of pyridine rings is 1. The topological polar surface area (TPSA) is 62.3 Å². The van der Waals surface area contributed by atoms with Gasteiger partial charge in [0, 0.05) is 54.8 Å². The maximum atomic E-state index is 12.8. The van der Waals surface area contributed by atoms with Gasteiger partial charge in [-0.05, 0) is 12.1 Å². The monoisotopic (exact) mass is 289 g/mol. The summed E-state index contributed by atoms with van der Waals surface area (Å²) in [7, 11) is -3.43. The van der Waals surface area contributed by atoms with E-state index >= 15 is 0 Å². The highest BCUT2D eigenvalue weighted by molar-refractivity contribution is 7.89. The Hall–Kier alpha value is -1.50. The fourth-order valence-corrected chi connectivity index (χ4v) is 4.80. The highest BCUT2D eigenvalue weighted by Gasteiger charge is 2.44. The van der Waals surface area contributed by atoms with Crippen molar-refractivity contribution in [3.05, 3.63) is 36.7 Å². The van der Waals surface area contributed by atoms with Gasteiger partial charge in [-0.2, -0.15) is 4.31 Å². The van der Waals surface area contributed by atoms with E-state index < -0.39 is 10.0 Å². The van der Waals surface area contributed by atoms with Crippen LogP contribution >= 0.6 is 0 Å². The lowest BCUT2D eigenvalue weighted by atomic mass is 9.96. The number of nitrogens with one attached hydrogen (secondary N) is 1. The molecule has 2 unspecified atom stereocenters. The molecular formula is C14H15N3O2S. The quantitative estimate of drug-likeness (QED) is 0.889. The third kappa shape index (κ3) is 1.69. The average molecular weight is 289 g/mol. The first-order valence-electron chi connectivity index (χ1n) is 6.72. The van der Waals surface area contributed by atoms with E-state index in [0.717, 1.165) is 17.3 Å². The summed E-state index contributed by atoms with van der Waals surface area (Å²) in [5.74, 6) is 0.474. The SMILES string of the molecule is O=S(=O)(c1cccc2cnccc12)N1CC2CNC2C1. The van der Waals surface area contributed by atoms with Crippen LogP contribution in [-0.2, 0) is 10.0 Å². The smallest absolute Gasteiger partial charge is 0.243 e. The number of hydrogen-bond acceptors (Lipinski definition) is 4. The zero-order valence-corrected chi connectivity index (χ0v) is 11.7. The van der Waals surface area contributed by atoms with Crippen LogP contribution in [0.4, 0.5) is 0 Å². The fourth-order valence-electron chi connectivity index (χ4n) is 3.07. The minimum atomic E-state index is -3.43. The van der Waals surface area contributed by atoms with Crippen LogP contribution in [-0.4, -0.2) is 43.4 Å². The number of hydrogen-bond donors (Lipinski definition) is 1. The minimum Gasteiger partial charge on any atom is -0.312 e. The lowest BCUT2D eigenvalue weighted by molar-refractivity contribution is 0.297. The van der Waals surface area contributed by atoms with Crippen molar-refractivity contribution in [3.63, 3.8) is 0 Å². The predicted molar refractivity (Wildman–Crippen MR) is 75.8 cm³/mol. The van der Waals surface area contributed by atoms with E-state index in [1.165, 1.54) is 0 Å². The first-order valence-corrected chi connectivity index (χ1v) is 8.16. The van der Waals surface area contributed by atoms with Crippen molar-refractivity contribution >= 4 is 20.8 Å². The van der Waals surface area contributed by atoms with Crippen LogP contribution < -0.4 is 5.32 Å². The first-order chi connectivity index (χ1) is 9.66. The Balaban J connectivity index is 1.81. The van der Waals surface area contributed by atoms with Crippen molar-refractivity contribution < 1.29 is 8.42 Å². The highest BCUT2D eigenvalue weighted by atomic mass is 32.2. The molecule has 1 aromatic carbocycles. The summed E-state index contributed by atoms with van der Waals surface area (Å²) in [5, 5.41) is 4.88. The maximum Gasteiger partial charge on any atom is 0.243 e. The van der Waals surface area contributed by atoms with Gasteiger partial charge in [0.05, 0.1) is 4.90 Å². The van der Waals surface area contributed by atoms with E-state index in [1.54, 1.807) is 34.9 Å². The van der Waals surface area contributed by atoms with Gasteiger partial charge in [0.25, 0.3) is 0 Å². The van der Waals surface area contributed by atoms with Gasteiger partial charge in [-0.25, -0.2) is 8.42 Å². The zero-order chi connectivity index (χ0) is 13.7. The Bertz CT molecular complexity index is 758. The van der Waals surface area contributed by atoms with E-state index in [1.807, 2.05) is 6.07 Å². The molecule has 20 heavy (non-hydrogen) atoms. The van der Waals surface area contributed by atoms with E-state index in [-0.39, 0.29) is 0 Å². The molecular weight excluding hydrogens is 274 g/mol. The molecule has 2 aliphatic heterocycles. The van der Waals surface area contributed by atoms with Crippen molar-refractivity contribution in [2.24, 2.45) is 5.92 Å². The van der Waals surface area contributed by atoms with E-state index in [4.69, 9.17) is 0 Å². The first kappa shape index (κ1) is 12.3. The van der Waals surface area contributed by atoms with Gasteiger partial charge in [-0.15, -0.1) is 0 Å². The molecule has 0 amide bonds. The minimum absolute atomic E-state index is 0.335. The third-order valence-electron chi connectivity index (χ3n) is 4.31. The zero-order valence-electron chi connectivity index (χ0n) is 10.9. The second kappa shape index (κ2) is 4.25. The summed E-state index contributed by atoms with van der Waals surface area (Å²) in [6, 6.07) is 7.45. The molecule has 4 rings (SSSR count).